The molecule has 0 unspecified atom stereocenters. The Kier molecular flexibility index (Phi) is 5.38. The number of oxime groups is 1. The number of hydrogen-bond donors (Lipinski definition) is 0. The van der Waals surface area contributed by atoms with Gasteiger partial charge in [0.1, 0.15) is 6.61 Å². The van der Waals surface area contributed by atoms with Crippen LogP contribution in [0.5, 0.6) is 0 Å². The van der Waals surface area contributed by atoms with Crippen molar-refractivity contribution in [1.29, 1.82) is 10.5 Å². The first-order chi connectivity index (χ1) is 5.76. The van der Waals surface area contributed by atoms with Gasteiger partial charge in [-0.15, -0.1) is 0 Å². The first-order valence-corrected chi connectivity index (χ1v) is 3.72. The second-order valence-corrected chi connectivity index (χ2v) is 2.26. The van der Waals surface area contributed by atoms with Crippen molar-refractivity contribution in [2.45, 2.75) is 20.3 Å². The lowest BCUT2D eigenvalue weighted by Gasteiger charge is -1.99. The van der Waals surface area contributed by atoms with Crippen molar-refractivity contribution in [3.8, 4) is 12.1 Å². The standard InChI is InChI=1S/C8H11N3O/c1-3-4-12-11-7(2)8(5-9)6-10/h8H,3-4H2,1-2H3/b11-7+. The zero-order valence-electron chi connectivity index (χ0n) is 7.24. The maximum absolute atomic E-state index is 8.44. The van der Waals surface area contributed by atoms with Crippen LogP contribution in [0.4, 0.5) is 0 Å². The Morgan fingerprint density at radius 2 is 2.08 bits per heavy atom. The van der Waals surface area contributed by atoms with Crippen LogP contribution in [0.3, 0.4) is 0 Å². The molecule has 0 spiro atoms. The highest BCUT2D eigenvalue weighted by atomic mass is 16.6. The van der Waals surface area contributed by atoms with Crippen molar-refractivity contribution >= 4 is 5.71 Å². The summed E-state index contributed by atoms with van der Waals surface area (Å²) in [7, 11) is 0. The summed E-state index contributed by atoms with van der Waals surface area (Å²) in [5, 5.41) is 20.5. The van der Waals surface area contributed by atoms with E-state index >= 15 is 0 Å². The van der Waals surface area contributed by atoms with E-state index in [9.17, 15) is 0 Å². The molecule has 0 aromatic heterocycles. The molecule has 0 rings (SSSR count). The van der Waals surface area contributed by atoms with Crippen LogP contribution in [0.25, 0.3) is 0 Å². The Labute approximate surface area is 72.0 Å². The van der Waals surface area contributed by atoms with Gasteiger partial charge < -0.3 is 4.84 Å². The van der Waals surface area contributed by atoms with Crippen LogP contribution in [0, 0.1) is 28.6 Å². The molecule has 0 aromatic rings. The minimum absolute atomic E-state index is 0.411. The third-order valence-corrected chi connectivity index (χ3v) is 1.18. The van der Waals surface area contributed by atoms with Gasteiger partial charge in [-0.2, -0.15) is 10.5 Å². The van der Waals surface area contributed by atoms with Gasteiger partial charge in [0, 0.05) is 0 Å². The van der Waals surface area contributed by atoms with Gasteiger partial charge >= 0.3 is 0 Å². The van der Waals surface area contributed by atoms with Crippen molar-refractivity contribution in [2.24, 2.45) is 11.1 Å². The molecule has 12 heavy (non-hydrogen) atoms. The zero-order valence-corrected chi connectivity index (χ0v) is 7.24. The van der Waals surface area contributed by atoms with E-state index in [0.717, 1.165) is 6.42 Å². The summed E-state index contributed by atoms with van der Waals surface area (Å²) in [6.07, 6.45) is 0.862. The van der Waals surface area contributed by atoms with E-state index in [1.165, 1.54) is 0 Å². The fourth-order valence-electron chi connectivity index (χ4n) is 0.507. The first kappa shape index (κ1) is 10.4. The van der Waals surface area contributed by atoms with Gasteiger partial charge in [0.05, 0.1) is 17.9 Å². The Morgan fingerprint density at radius 3 is 2.50 bits per heavy atom. The van der Waals surface area contributed by atoms with Crippen molar-refractivity contribution in [3.63, 3.8) is 0 Å². The highest BCUT2D eigenvalue weighted by Gasteiger charge is 2.09. The van der Waals surface area contributed by atoms with E-state index in [1.807, 2.05) is 6.92 Å². The van der Waals surface area contributed by atoms with Crippen LogP contribution in [0.15, 0.2) is 5.16 Å². The van der Waals surface area contributed by atoms with E-state index in [-0.39, 0.29) is 0 Å². The van der Waals surface area contributed by atoms with E-state index < -0.39 is 5.92 Å². The highest BCUT2D eigenvalue weighted by molar-refractivity contribution is 5.88. The fourth-order valence-corrected chi connectivity index (χ4v) is 0.507. The van der Waals surface area contributed by atoms with E-state index in [1.54, 1.807) is 19.1 Å². The summed E-state index contributed by atoms with van der Waals surface area (Å²) >= 11 is 0. The van der Waals surface area contributed by atoms with Crippen molar-refractivity contribution in [2.75, 3.05) is 6.61 Å². The smallest absolute Gasteiger partial charge is 0.174 e. The molecular weight excluding hydrogens is 154 g/mol. The maximum Gasteiger partial charge on any atom is 0.174 e. The summed E-state index contributed by atoms with van der Waals surface area (Å²) < 4.78 is 0. The molecule has 0 aromatic carbocycles. The fraction of sp³-hybridized carbons (Fsp3) is 0.625. The molecule has 0 heterocycles. The Balaban J connectivity index is 4.01. The molecule has 0 N–H and O–H groups in total. The summed E-state index contributed by atoms with van der Waals surface area (Å²) in [6.45, 7) is 4.07. The van der Waals surface area contributed by atoms with Crippen LogP contribution in [-0.2, 0) is 4.84 Å². The predicted molar refractivity (Wildman–Crippen MR) is 44.1 cm³/mol. The maximum atomic E-state index is 8.44. The Hall–Kier alpha value is -1.55. The van der Waals surface area contributed by atoms with Crippen molar-refractivity contribution in [1.82, 2.24) is 0 Å². The topological polar surface area (TPSA) is 69.2 Å². The molecule has 0 bridgehead atoms. The lowest BCUT2D eigenvalue weighted by molar-refractivity contribution is 0.144. The lowest BCUT2D eigenvalue weighted by atomic mass is 10.1. The third-order valence-electron chi connectivity index (χ3n) is 1.18. The van der Waals surface area contributed by atoms with Crippen molar-refractivity contribution in [3.05, 3.63) is 0 Å². The normalized spacial score (nSPS) is 10.6. The van der Waals surface area contributed by atoms with Gasteiger partial charge in [-0.3, -0.25) is 0 Å². The Bertz CT molecular complexity index is 220. The van der Waals surface area contributed by atoms with Crippen LogP contribution in [-0.4, -0.2) is 12.3 Å². The average Bonchev–Trinajstić information content (AvgIpc) is 2.07. The second kappa shape index (κ2) is 6.18. The molecule has 0 fully saturated rings. The molecule has 0 saturated heterocycles. The predicted octanol–water partition coefficient (Wildman–Crippen LogP) is 1.45. The third kappa shape index (κ3) is 3.58. The molecule has 0 aliphatic rings. The molecule has 4 heteroatoms. The zero-order chi connectivity index (χ0) is 9.40. The Morgan fingerprint density at radius 1 is 1.50 bits per heavy atom. The SMILES string of the molecule is CCCO/N=C(\C)C(C#N)C#N. The molecule has 4 nitrogen and oxygen atoms in total. The largest absolute Gasteiger partial charge is 0.396 e. The van der Waals surface area contributed by atoms with Crippen LogP contribution < -0.4 is 0 Å². The molecule has 64 valence electrons. The summed E-state index contributed by atoms with van der Waals surface area (Å²) in [4.78, 5) is 4.81. The quantitative estimate of drug-likeness (QED) is 0.359. The van der Waals surface area contributed by atoms with Gasteiger partial charge in [0.25, 0.3) is 0 Å². The number of nitrogens with zero attached hydrogens (tertiary/aromatic N) is 3. The molecular formula is C8H11N3O. The lowest BCUT2D eigenvalue weighted by Crippen LogP contribution is -2.06. The molecule has 0 amide bonds. The highest BCUT2D eigenvalue weighted by Crippen LogP contribution is 1.97. The van der Waals surface area contributed by atoms with Gasteiger partial charge in [-0.25, -0.2) is 0 Å². The molecule has 0 aliphatic heterocycles. The summed E-state index contributed by atoms with van der Waals surface area (Å²) in [6, 6.07) is 3.61. The minimum atomic E-state index is -0.790. The van der Waals surface area contributed by atoms with Crippen LogP contribution >= 0.6 is 0 Å². The molecule has 0 aliphatic carbocycles. The number of hydrogen-bond acceptors (Lipinski definition) is 4. The van der Waals surface area contributed by atoms with E-state index in [0.29, 0.717) is 12.3 Å². The van der Waals surface area contributed by atoms with E-state index in [2.05, 4.69) is 5.16 Å². The monoisotopic (exact) mass is 165 g/mol. The average molecular weight is 165 g/mol. The van der Waals surface area contributed by atoms with Crippen LogP contribution in [0.2, 0.25) is 0 Å². The van der Waals surface area contributed by atoms with Gasteiger partial charge in [0.2, 0.25) is 0 Å². The summed E-state index contributed by atoms with van der Waals surface area (Å²) in [5.74, 6) is -0.790. The minimum Gasteiger partial charge on any atom is -0.396 e. The van der Waals surface area contributed by atoms with Crippen LogP contribution in [0.1, 0.15) is 20.3 Å². The van der Waals surface area contributed by atoms with Gasteiger partial charge in [-0.05, 0) is 13.3 Å². The second-order valence-electron chi connectivity index (χ2n) is 2.26. The van der Waals surface area contributed by atoms with Gasteiger partial charge in [0.15, 0.2) is 5.92 Å². The van der Waals surface area contributed by atoms with E-state index in [4.69, 9.17) is 15.4 Å². The van der Waals surface area contributed by atoms with Gasteiger partial charge in [-0.1, -0.05) is 12.1 Å². The molecule has 0 radical (unpaired) electrons. The number of nitriles is 2. The molecule has 0 saturated carbocycles. The molecule has 0 atom stereocenters. The van der Waals surface area contributed by atoms with Crippen molar-refractivity contribution < 1.29 is 4.84 Å². The summed E-state index contributed by atoms with van der Waals surface area (Å²) in [5.41, 5.74) is 0.411. The first-order valence-electron chi connectivity index (χ1n) is 3.72. The number of rotatable bonds is 4.